The molecule has 0 aromatic heterocycles. The number of Topliss-reactive ketones (excluding diaryl/α,β-unsaturated/α-hetero) is 1. The van der Waals surface area contributed by atoms with Crippen LogP contribution in [0.25, 0.3) is 5.32 Å². The number of nitro groups is 1. The van der Waals surface area contributed by atoms with Gasteiger partial charge in [-0.1, -0.05) is 0 Å². The molecule has 10 heteroatoms. The largest absolute Gasteiger partial charge is 1.00 e. The van der Waals surface area contributed by atoms with Crippen LogP contribution in [0.15, 0.2) is 23.2 Å². The monoisotopic (exact) mass is 352 g/mol. The molecule has 0 fully saturated rings. The van der Waals surface area contributed by atoms with Gasteiger partial charge in [0.2, 0.25) is 11.5 Å². The van der Waals surface area contributed by atoms with Crippen LogP contribution in [0.1, 0.15) is 13.3 Å². The Labute approximate surface area is 176 Å². The van der Waals surface area contributed by atoms with Crippen LogP contribution in [-0.4, -0.2) is 50.2 Å². The molecule has 1 aliphatic rings. The number of esters is 1. The van der Waals surface area contributed by atoms with Crippen molar-refractivity contribution in [1.29, 1.82) is 0 Å². The first-order valence-electron chi connectivity index (χ1n) is 6.56. The van der Waals surface area contributed by atoms with E-state index < -0.39 is 23.1 Å². The third kappa shape index (κ3) is 7.55. The number of ketones is 1. The minimum atomic E-state index is -1.02. The number of allylic oxidation sites excluding steroid dienone is 2. The van der Waals surface area contributed by atoms with Crippen molar-refractivity contribution in [1.82, 2.24) is 0 Å². The summed E-state index contributed by atoms with van der Waals surface area (Å²) < 4.78 is 14.6. The topological polar surface area (TPSA) is 119 Å². The Balaban J connectivity index is 0.00000484. The molecular formula is C13H17KN2O7. The zero-order chi connectivity index (χ0) is 16.5. The van der Waals surface area contributed by atoms with Crippen molar-refractivity contribution in [2.75, 3.05) is 33.5 Å². The van der Waals surface area contributed by atoms with Gasteiger partial charge < -0.3 is 19.5 Å². The van der Waals surface area contributed by atoms with Crippen LogP contribution >= 0.6 is 0 Å². The molecule has 0 saturated heterocycles. The summed E-state index contributed by atoms with van der Waals surface area (Å²) in [6.07, 6.45) is 0.857. The summed E-state index contributed by atoms with van der Waals surface area (Å²) >= 11 is 0. The Morgan fingerprint density at radius 1 is 1.39 bits per heavy atom. The first kappa shape index (κ1) is 22.2. The fraction of sp³-hybridized carbons (Fsp3) is 0.538. The van der Waals surface area contributed by atoms with Crippen molar-refractivity contribution in [3.05, 3.63) is 38.7 Å². The van der Waals surface area contributed by atoms with Crippen LogP contribution in [0, 0.1) is 10.1 Å². The third-order valence-electron chi connectivity index (χ3n) is 2.66. The molecule has 122 valence electrons. The molecule has 23 heavy (non-hydrogen) atoms. The Morgan fingerprint density at radius 2 is 2.09 bits per heavy atom. The number of rotatable bonds is 9. The quantitative estimate of drug-likeness (QED) is 0.117. The molecule has 1 heterocycles. The fourth-order valence-corrected chi connectivity index (χ4v) is 1.63. The molecule has 1 rings (SSSR count). The second kappa shape index (κ2) is 11.7. The number of nitrogens with zero attached hydrogens (tertiary/aromatic N) is 2. The second-order valence-corrected chi connectivity index (χ2v) is 4.19. The predicted molar refractivity (Wildman–Crippen MR) is 74.4 cm³/mol. The first-order valence-corrected chi connectivity index (χ1v) is 6.56. The van der Waals surface area contributed by atoms with Crippen LogP contribution in [0.4, 0.5) is 0 Å². The first-order chi connectivity index (χ1) is 10.5. The van der Waals surface area contributed by atoms with Crippen molar-refractivity contribution in [2.45, 2.75) is 13.3 Å². The predicted octanol–water partition coefficient (Wildman–Crippen LogP) is -2.06. The molecular weight excluding hydrogens is 335 g/mol. The van der Waals surface area contributed by atoms with Gasteiger partial charge in [0.25, 0.3) is 0 Å². The van der Waals surface area contributed by atoms with Crippen molar-refractivity contribution >= 4 is 11.8 Å². The van der Waals surface area contributed by atoms with Gasteiger partial charge in [0.05, 0.1) is 18.1 Å². The summed E-state index contributed by atoms with van der Waals surface area (Å²) in [5.41, 5.74) is -0.151. The van der Waals surface area contributed by atoms with Gasteiger partial charge in [-0.2, -0.15) is 0 Å². The minimum absolute atomic E-state index is 0. The average Bonchev–Trinajstić information content (AvgIpc) is 2.47. The van der Waals surface area contributed by atoms with Crippen molar-refractivity contribution in [3.63, 3.8) is 0 Å². The number of ether oxygens (including phenoxy) is 3. The minimum Gasteiger partial charge on any atom is -0.645 e. The van der Waals surface area contributed by atoms with E-state index in [4.69, 9.17) is 9.47 Å². The number of hydrogen-bond donors (Lipinski definition) is 0. The van der Waals surface area contributed by atoms with Crippen LogP contribution in [0.3, 0.4) is 0 Å². The maximum Gasteiger partial charge on any atom is 1.00 e. The van der Waals surface area contributed by atoms with Gasteiger partial charge in [-0.15, -0.1) is 0 Å². The average molecular weight is 352 g/mol. The Bertz CT molecular complexity index is 516. The summed E-state index contributed by atoms with van der Waals surface area (Å²) in [6.45, 7) is 1.95. The van der Waals surface area contributed by atoms with Crippen LogP contribution in [-0.2, 0) is 23.8 Å². The van der Waals surface area contributed by atoms with E-state index in [1.807, 2.05) is 0 Å². The molecule has 0 aliphatic carbocycles. The molecule has 1 aliphatic heterocycles. The second-order valence-electron chi connectivity index (χ2n) is 4.19. The molecule has 9 nitrogen and oxygen atoms in total. The Hall–Kier alpha value is -0.784. The number of methoxy groups -OCH3 is 1. The summed E-state index contributed by atoms with van der Waals surface area (Å²) in [4.78, 5) is 33.4. The van der Waals surface area contributed by atoms with Gasteiger partial charge >= 0.3 is 57.4 Å². The third-order valence-corrected chi connectivity index (χ3v) is 2.66. The van der Waals surface area contributed by atoms with E-state index in [-0.39, 0.29) is 88.3 Å². The molecule has 0 spiro atoms. The molecule has 0 amide bonds. The van der Waals surface area contributed by atoms with Gasteiger partial charge in [-0.05, 0) is 19.5 Å². The standard InChI is InChI=1S/C13H17N2O7.K/c1-3-21-13(17)11(16)6-9-7-12(22-5-4-20-2)14-8-10(9)15(18)19;/h7H,3-6,8H2,1-2H3;/q-1;+1. The van der Waals surface area contributed by atoms with E-state index in [1.54, 1.807) is 6.92 Å². The molecule has 0 aromatic carbocycles. The van der Waals surface area contributed by atoms with E-state index in [2.05, 4.69) is 10.1 Å². The van der Waals surface area contributed by atoms with Crippen molar-refractivity contribution in [2.24, 2.45) is 0 Å². The molecule has 0 bridgehead atoms. The van der Waals surface area contributed by atoms with E-state index in [1.165, 1.54) is 13.2 Å². The summed E-state index contributed by atoms with van der Waals surface area (Å²) in [6, 6.07) is 0. The molecule has 0 saturated carbocycles. The zero-order valence-corrected chi connectivity index (χ0v) is 16.5. The van der Waals surface area contributed by atoms with Crippen molar-refractivity contribution < 1.29 is 80.1 Å². The molecule has 0 atom stereocenters. The Kier molecular flexibility index (Phi) is 11.3. The molecule has 0 unspecified atom stereocenters. The summed E-state index contributed by atoms with van der Waals surface area (Å²) in [5, 5.41) is 14.9. The number of carbonyl (C=O) groups is 2. The van der Waals surface area contributed by atoms with Crippen LogP contribution in [0.2, 0.25) is 0 Å². The van der Waals surface area contributed by atoms with E-state index in [9.17, 15) is 19.7 Å². The van der Waals surface area contributed by atoms with E-state index in [0.717, 1.165) is 0 Å². The maximum absolute atomic E-state index is 11.7. The van der Waals surface area contributed by atoms with Gasteiger partial charge in [-0.3, -0.25) is 14.9 Å². The van der Waals surface area contributed by atoms with Crippen LogP contribution in [0.5, 0.6) is 0 Å². The van der Waals surface area contributed by atoms with Crippen molar-refractivity contribution in [3.8, 4) is 0 Å². The fourth-order valence-electron chi connectivity index (χ4n) is 1.63. The van der Waals surface area contributed by atoms with Gasteiger partial charge in [0.15, 0.2) is 0 Å². The molecule has 0 aromatic rings. The molecule has 0 N–H and O–H groups in total. The SMILES string of the molecule is CCOC(=O)C(=O)CC1=C([N+](=O)[O-])C[N-]C(OCCOC)=C1.[K+]. The molecule has 0 radical (unpaired) electrons. The van der Waals surface area contributed by atoms with Gasteiger partial charge in [-0.25, -0.2) is 4.79 Å². The van der Waals surface area contributed by atoms with E-state index in [0.29, 0.717) is 6.61 Å². The van der Waals surface area contributed by atoms with Gasteiger partial charge in [0.1, 0.15) is 6.61 Å². The number of hydrogen-bond acceptors (Lipinski definition) is 7. The maximum atomic E-state index is 11.7. The number of carbonyl (C=O) groups excluding carboxylic acids is 2. The zero-order valence-electron chi connectivity index (χ0n) is 13.4. The van der Waals surface area contributed by atoms with Gasteiger partial charge in [0, 0.05) is 25.0 Å². The van der Waals surface area contributed by atoms with Crippen LogP contribution < -0.4 is 51.4 Å². The summed E-state index contributed by atoms with van der Waals surface area (Å²) in [7, 11) is 1.50. The smallest absolute Gasteiger partial charge is 0.645 e. The summed E-state index contributed by atoms with van der Waals surface area (Å²) in [5.74, 6) is -1.71. The van der Waals surface area contributed by atoms with E-state index >= 15 is 0 Å². The Morgan fingerprint density at radius 3 is 2.65 bits per heavy atom. The normalized spacial score (nSPS) is 13.4.